The van der Waals surface area contributed by atoms with Gasteiger partial charge in [-0.3, -0.25) is 19.4 Å². The van der Waals surface area contributed by atoms with Crippen LogP contribution in [0.15, 0.2) is 48.8 Å². The minimum atomic E-state index is -1.45. The Morgan fingerprint density at radius 2 is 1.59 bits per heavy atom. The second kappa shape index (κ2) is 31.2. The highest BCUT2D eigenvalue weighted by Gasteiger charge is 2.61. The van der Waals surface area contributed by atoms with E-state index in [9.17, 15) is 19.8 Å². The zero-order chi connectivity index (χ0) is 68.1. The number of benzene rings is 1. The van der Waals surface area contributed by atoms with E-state index in [1.807, 2.05) is 115 Å². The highest BCUT2D eigenvalue weighted by molar-refractivity contribution is 5.81. The summed E-state index contributed by atoms with van der Waals surface area (Å²) in [6.07, 6.45) is -1.27. The van der Waals surface area contributed by atoms with E-state index in [2.05, 4.69) is 20.7 Å². The number of ether oxygens (including phenoxy) is 9. The van der Waals surface area contributed by atoms with Crippen LogP contribution in [0.25, 0.3) is 11.1 Å². The minimum absolute atomic E-state index is 0.0167. The van der Waals surface area contributed by atoms with E-state index in [1.165, 1.54) is 16.8 Å². The Bertz CT molecular complexity index is 2990. The zero-order valence-corrected chi connectivity index (χ0v) is 58.1. The Morgan fingerprint density at radius 3 is 2.21 bits per heavy atom. The summed E-state index contributed by atoms with van der Waals surface area (Å²) in [5.41, 5.74) is 3.87. The van der Waals surface area contributed by atoms with E-state index >= 15 is 14.0 Å². The maximum absolute atomic E-state index is 15.5. The standard InChI is InChI=1S/C70H107FN8O15/c1-16-57-70(11)61(79(67(85)94-70)74-51-24-29-77(30-25-51)64(83)49-26-31-89-32-27-49)40(2)33-55(80)41(3)35-69(10,88-15)63(44(6)58(45(7)65(84)92-57)56-36-68(9,87-14)62(82)46(8)91-56)93-66-59(81)53(34-43(5)90-66)76(12)28-23-52-39-78(75-73-52)54(37-71)60(86-13)48-21-19-47(20-22-48)50-18-17-42(4)72-38-50/h17-22,38-41,43-46,49,51,53-54,56-63,66,74,81-82H,16,23-37H2,1-15H3/t40-,41+,43+,44-,45+,46-,53-,54+,56?,57+,58-,59+,60+,61+,62-,63+,66-,68+,69+,70+/m0/s1. The molecule has 2 aromatic heterocycles. The van der Waals surface area contributed by atoms with Crippen LogP contribution in [0.2, 0.25) is 0 Å². The van der Waals surface area contributed by atoms with Gasteiger partial charge in [0.25, 0.3) is 0 Å². The van der Waals surface area contributed by atoms with Gasteiger partial charge in [0.1, 0.15) is 42.9 Å². The molecule has 3 aromatic rings. The molecule has 3 N–H and O–H groups in total. The van der Waals surface area contributed by atoms with Crippen molar-refractivity contribution in [1.29, 1.82) is 0 Å². The first-order valence-electron chi connectivity index (χ1n) is 34.2. The molecule has 9 rings (SSSR count). The van der Waals surface area contributed by atoms with Crippen molar-refractivity contribution in [3.8, 4) is 11.1 Å². The fourth-order valence-corrected chi connectivity index (χ4v) is 16.2. The molecule has 0 radical (unpaired) electrons. The lowest BCUT2D eigenvalue weighted by atomic mass is 9.68. The largest absolute Gasteiger partial charge is 0.458 e. The Hall–Kier alpha value is -5.12. The van der Waals surface area contributed by atoms with Crippen LogP contribution in [-0.4, -0.2) is 221 Å². The number of piperidine rings is 1. The van der Waals surface area contributed by atoms with Crippen LogP contribution in [0.1, 0.15) is 156 Å². The van der Waals surface area contributed by atoms with Crippen molar-refractivity contribution in [2.45, 2.75) is 236 Å². The summed E-state index contributed by atoms with van der Waals surface area (Å²) >= 11 is 0. The maximum Gasteiger partial charge on any atom is 0.425 e. The van der Waals surface area contributed by atoms with Crippen LogP contribution < -0.4 is 5.43 Å². The van der Waals surface area contributed by atoms with E-state index in [4.69, 9.17) is 42.6 Å². The zero-order valence-electron chi connectivity index (χ0n) is 58.1. The second-order valence-corrected chi connectivity index (χ2v) is 28.6. The highest BCUT2D eigenvalue weighted by atomic mass is 19.1. The highest BCUT2D eigenvalue weighted by Crippen LogP contribution is 2.48. The molecule has 524 valence electrons. The fraction of sp³-hybridized carbons (Fsp3) is 0.757. The van der Waals surface area contributed by atoms with Crippen molar-refractivity contribution >= 4 is 23.8 Å². The van der Waals surface area contributed by atoms with E-state index in [0.717, 1.165) is 22.4 Å². The third-order valence-electron chi connectivity index (χ3n) is 22.0. The molecule has 24 heteroatoms. The summed E-state index contributed by atoms with van der Waals surface area (Å²) in [4.78, 5) is 67.1. The van der Waals surface area contributed by atoms with Gasteiger partial charge in [0.15, 0.2) is 11.9 Å². The van der Waals surface area contributed by atoms with Crippen LogP contribution in [-0.2, 0) is 63.4 Å². The number of hydrogen-bond donors (Lipinski definition) is 3. The van der Waals surface area contributed by atoms with Crippen molar-refractivity contribution in [3.05, 3.63) is 65.7 Å². The number of Topliss-reactive ketones (excluding diaryl/α,β-unsaturated/α-hetero) is 1. The SMILES string of the molecule is CC[C@H]1OC(=O)[C@H](C)[C@@H](C2C[C@@](C)(OC)[C@@H](O)[C@H](C)O2)[C@H](C)[C@@H](O[C@@H]2O[C@H](C)C[C@H](N(C)CCc3cn([C@H](CF)[C@H](OC)c4ccc(-c5ccc(C)nc5)cc4)nn3)[C@H]2O)[C@](C)(OC)C[C@@H](C)C(=O)C[C@H](C)[C@H]2N(NC3CCN(C(=O)C4CCOCC4)CC3)C(=O)O[C@]12C. The number of fused-ring (bicyclic) bond motifs is 1. The average Bonchev–Trinajstić information content (AvgIpc) is 1.45. The molecule has 2 amide bonds. The fourth-order valence-electron chi connectivity index (χ4n) is 16.2. The van der Waals surface area contributed by atoms with Crippen LogP contribution in [0.3, 0.4) is 0 Å². The Morgan fingerprint density at radius 1 is 0.904 bits per heavy atom. The van der Waals surface area contributed by atoms with Gasteiger partial charge in [-0.05, 0) is 123 Å². The topological polar surface area (TPSA) is 257 Å². The number of aryl methyl sites for hydroxylation is 1. The van der Waals surface area contributed by atoms with Crippen molar-refractivity contribution in [3.63, 3.8) is 0 Å². The number of ketones is 1. The number of nitrogens with zero attached hydrogens (tertiary/aromatic N) is 7. The van der Waals surface area contributed by atoms with Crippen LogP contribution in [0.4, 0.5) is 9.18 Å². The molecule has 94 heavy (non-hydrogen) atoms. The number of hydrazine groups is 1. The number of alkyl halides is 1. The summed E-state index contributed by atoms with van der Waals surface area (Å²) < 4.78 is 74.7. The molecule has 6 aliphatic heterocycles. The van der Waals surface area contributed by atoms with Crippen LogP contribution >= 0.6 is 0 Å². The van der Waals surface area contributed by atoms with Gasteiger partial charge in [-0.2, -0.15) is 0 Å². The third kappa shape index (κ3) is 15.7. The van der Waals surface area contributed by atoms with Gasteiger partial charge < -0.3 is 62.6 Å². The van der Waals surface area contributed by atoms with Crippen molar-refractivity contribution < 1.29 is 76.4 Å². The molecule has 6 fully saturated rings. The number of esters is 1. The number of carbonyl (C=O) groups excluding carboxylic acids is 4. The van der Waals surface area contributed by atoms with Gasteiger partial charge in [0, 0.05) is 127 Å². The quantitative estimate of drug-likeness (QED) is 0.0962. The number of aromatic nitrogens is 4. The summed E-state index contributed by atoms with van der Waals surface area (Å²) in [6, 6.07) is 9.44. The number of amides is 2. The Kier molecular flexibility index (Phi) is 24.3. The van der Waals surface area contributed by atoms with Crippen molar-refractivity contribution in [2.75, 3.05) is 67.9 Å². The number of carbonyl (C=O) groups is 4. The van der Waals surface area contributed by atoms with Crippen LogP contribution in [0, 0.1) is 42.4 Å². The number of halogens is 1. The smallest absolute Gasteiger partial charge is 0.425 e. The molecule has 1 aromatic carbocycles. The predicted octanol–water partition coefficient (Wildman–Crippen LogP) is 7.97. The van der Waals surface area contributed by atoms with E-state index < -0.39 is 138 Å². The molecule has 8 heterocycles. The lowest BCUT2D eigenvalue weighted by Crippen LogP contribution is -2.62. The number of likely N-dealkylation sites (N-methyl/N-ethyl adjacent to an activating group) is 1. The average molecular weight is 1320 g/mol. The molecule has 20 atom stereocenters. The number of aliphatic hydroxyl groups is 2. The van der Waals surface area contributed by atoms with Gasteiger partial charge in [-0.15, -0.1) is 5.10 Å². The number of cyclic esters (lactones) is 1. The summed E-state index contributed by atoms with van der Waals surface area (Å²) in [5.74, 6) is -4.26. The lowest BCUT2D eigenvalue weighted by Gasteiger charge is -2.52. The number of aliphatic hydroxyl groups excluding tert-OH is 2. The van der Waals surface area contributed by atoms with Gasteiger partial charge in [0.2, 0.25) is 5.91 Å². The Balaban J connectivity index is 0.972. The third-order valence-corrected chi connectivity index (χ3v) is 22.0. The second-order valence-electron chi connectivity index (χ2n) is 28.6. The summed E-state index contributed by atoms with van der Waals surface area (Å²) in [5, 5.41) is 34.6. The first-order valence-corrected chi connectivity index (χ1v) is 34.2. The van der Waals surface area contributed by atoms with E-state index in [0.29, 0.717) is 77.1 Å². The molecule has 0 aliphatic carbocycles. The van der Waals surface area contributed by atoms with Crippen molar-refractivity contribution in [1.82, 2.24) is 40.2 Å². The first kappa shape index (κ1) is 73.1. The summed E-state index contributed by atoms with van der Waals surface area (Å²) in [6.45, 7) is 22.3. The lowest BCUT2D eigenvalue weighted by molar-refractivity contribution is -0.305. The first-order chi connectivity index (χ1) is 44.7. The number of hydrogen-bond acceptors (Lipinski definition) is 20. The summed E-state index contributed by atoms with van der Waals surface area (Å²) in [7, 11) is 6.57. The van der Waals surface area contributed by atoms with Crippen molar-refractivity contribution in [2.24, 2.45) is 35.5 Å². The molecular formula is C70H107FN8O15. The van der Waals surface area contributed by atoms with E-state index in [1.54, 1.807) is 41.2 Å². The number of methoxy groups -OCH3 is 3. The molecular weight excluding hydrogens is 1210 g/mol. The minimum Gasteiger partial charge on any atom is -0.458 e. The molecule has 0 saturated carbocycles. The van der Waals surface area contributed by atoms with Gasteiger partial charge in [0.05, 0.1) is 53.3 Å². The van der Waals surface area contributed by atoms with Gasteiger partial charge in [-0.25, -0.2) is 24.3 Å². The maximum atomic E-state index is 15.5. The molecule has 6 aliphatic rings. The molecule has 0 bridgehead atoms. The van der Waals surface area contributed by atoms with E-state index in [-0.39, 0.29) is 49.3 Å². The predicted molar refractivity (Wildman–Crippen MR) is 346 cm³/mol. The normalized spacial score (nSPS) is 36.1. The monoisotopic (exact) mass is 1320 g/mol. The number of nitrogens with one attached hydrogen (secondary N) is 1. The Labute approximate surface area is 555 Å². The molecule has 1 unspecified atom stereocenters. The molecule has 6 saturated heterocycles. The number of rotatable bonds is 19. The number of likely N-dealkylation sites (tertiary alicyclic amines) is 1. The van der Waals surface area contributed by atoms with Gasteiger partial charge >= 0.3 is 12.1 Å². The van der Waals surface area contributed by atoms with Crippen LogP contribution in [0.5, 0.6) is 0 Å². The molecule has 23 nitrogen and oxygen atoms in total. The molecule has 0 spiro atoms. The van der Waals surface area contributed by atoms with Gasteiger partial charge in [-0.1, -0.05) is 70.2 Å². The number of pyridine rings is 1.